The van der Waals surface area contributed by atoms with Crippen molar-refractivity contribution in [3.8, 4) is 0 Å². The highest BCUT2D eigenvalue weighted by Crippen LogP contribution is 2.09. The molecule has 0 saturated carbocycles. The van der Waals surface area contributed by atoms with E-state index in [9.17, 15) is 24.0 Å². The van der Waals surface area contributed by atoms with E-state index in [1.54, 1.807) is 13.8 Å². The molecule has 40 heavy (non-hydrogen) atoms. The number of esters is 1. The molecule has 0 unspecified atom stereocenters. The van der Waals surface area contributed by atoms with Gasteiger partial charge in [0.05, 0.1) is 23.3 Å². The molecule has 0 radical (unpaired) electrons. The lowest BCUT2D eigenvalue weighted by atomic mass is 10.0. The van der Waals surface area contributed by atoms with Crippen molar-refractivity contribution in [3.63, 3.8) is 0 Å². The minimum atomic E-state index is -1.11. The third-order valence-corrected chi connectivity index (χ3v) is 6.10. The zero-order valence-electron chi connectivity index (χ0n) is 23.6. The molecule has 11 nitrogen and oxygen atoms in total. The van der Waals surface area contributed by atoms with Gasteiger partial charge in [0.25, 0.3) is 0 Å². The molecule has 3 atom stereocenters. The summed E-state index contributed by atoms with van der Waals surface area (Å²) in [5.41, 5.74) is 0.939. The maximum atomic E-state index is 13.4. The van der Waals surface area contributed by atoms with E-state index in [4.69, 9.17) is 22.4 Å². The van der Waals surface area contributed by atoms with Gasteiger partial charge in [0, 0.05) is 26.8 Å². The molecule has 0 aliphatic heterocycles. The quantitative estimate of drug-likeness (QED) is 0.0764. The molecular formula is C28H41N5O6S. The number of Topliss-reactive ketones (excluding diaryl/α,β-unsaturated/α-hetero) is 1. The van der Waals surface area contributed by atoms with Crippen LogP contribution in [0.5, 0.6) is 0 Å². The van der Waals surface area contributed by atoms with Crippen LogP contribution >= 0.6 is 12.2 Å². The number of ether oxygens (including phenoxy) is 1. The van der Waals surface area contributed by atoms with Crippen molar-refractivity contribution in [2.24, 2.45) is 0 Å². The van der Waals surface area contributed by atoms with E-state index >= 15 is 0 Å². The van der Waals surface area contributed by atoms with Crippen LogP contribution in [-0.2, 0) is 35.1 Å². The van der Waals surface area contributed by atoms with Gasteiger partial charge in [-0.3, -0.25) is 19.2 Å². The first-order chi connectivity index (χ1) is 18.9. The van der Waals surface area contributed by atoms with Crippen molar-refractivity contribution in [2.75, 3.05) is 6.54 Å². The van der Waals surface area contributed by atoms with Crippen LogP contribution in [0.4, 0.5) is 0 Å². The Balaban J connectivity index is 3.10. The number of unbranched alkanes of at least 4 members (excludes halogenated alkanes) is 1. The molecule has 220 valence electrons. The summed E-state index contributed by atoms with van der Waals surface area (Å²) >= 11 is 5.62. The number of amides is 3. The predicted molar refractivity (Wildman–Crippen MR) is 156 cm³/mol. The van der Waals surface area contributed by atoms with Gasteiger partial charge in [-0.2, -0.15) is 0 Å². The number of carbonyl (C=O) groups excluding carboxylic acids is 5. The highest BCUT2D eigenvalue weighted by Gasteiger charge is 2.29. The highest BCUT2D eigenvalue weighted by atomic mass is 32.1. The first kappa shape index (κ1) is 34.4. The van der Waals surface area contributed by atoms with Crippen molar-refractivity contribution in [1.29, 1.82) is 5.41 Å². The average molecular weight is 576 g/mol. The molecule has 0 aliphatic carbocycles. The molecular weight excluding hydrogens is 534 g/mol. The highest BCUT2D eigenvalue weighted by molar-refractivity contribution is 7.80. The summed E-state index contributed by atoms with van der Waals surface area (Å²) in [6.07, 6.45) is 1.95. The van der Waals surface area contributed by atoms with E-state index in [0.717, 1.165) is 5.56 Å². The van der Waals surface area contributed by atoms with Gasteiger partial charge in [-0.05, 0) is 51.5 Å². The fourth-order valence-corrected chi connectivity index (χ4v) is 4.06. The van der Waals surface area contributed by atoms with E-state index in [1.807, 2.05) is 30.3 Å². The van der Waals surface area contributed by atoms with Gasteiger partial charge >= 0.3 is 5.97 Å². The van der Waals surface area contributed by atoms with E-state index in [0.29, 0.717) is 38.4 Å². The first-order valence-electron chi connectivity index (χ1n) is 13.3. The Morgan fingerprint density at radius 1 is 0.900 bits per heavy atom. The number of nitrogens with one attached hydrogen (secondary N) is 5. The van der Waals surface area contributed by atoms with Crippen LogP contribution in [0.2, 0.25) is 0 Å². The Morgan fingerprint density at radius 3 is 2.15 bits per heavy atom. The molecule has 0 aromatic heterocycles. The standard InChI is InChI=1S/C28H41N5O6S/c1-18(2)39-28(38)24(14-13-22(36)17-29)32-26(37)23(12-8-9-15-30-19(3)34)33-27(40)25(31-20(4)35)16-21-10-6-5-7-11-21/h5-7,10-11,17-18,23-25,29H,8-9,12-16H2,1-4H3,(H,30,34)(H,31,35)(H,32,37)(H,33,40)/t23-,24-,25-/m0/s1. The number of hydrogen-bond donors (Lipinski definition) is 5. The molecule has 12 heteroatoms. The lowest BCUT2D eigenvalue weighted by Gasteiger charge is -2.27. The second-order valence-corrected chi connectivity index (χ2v) is 10.1. The van der Waals surface area contributed by atoms with Crippen LogP contribution in [0.25, 0.3) is 0 Å². The maximum absolute atomic E-state index is 13.4. The van der Waals surface area contributed by atoms with Crippen LogP contribution in [0.1, 0.15) is 65.4 Å². The zero-order valence-corrected chi connectivity index (χ0v) is 24.4. The molecule has 0 spiro atoms. The topological polar surface area (TPSA) is 167 Å². The van der Waals surface area contributed by atoms with Gasteiger partial charge in [0.2, 0.25) is 17.7 Å². The van der Waals surface area contributed by atoms with Crippen molar-refractivity contribution < 1.29 is 28.7 Å². The normalized spacial score (nSPS) is 12.8. The summed E-state index contributed by atoms with van der Waals surface area (Å²) in [6.45, 7) is 6.59. The van der Waals surface area contributed by atoms with Crippen LogP contribution in [0, 0.1) is 5.41 Å². The molecule has 3 amide bonds. The summed E-state index contributed by atoms with van der Waals surface area (Å²) in [7, 11) is 0. The summed E-state index contributed by atoms with van der Waals surface area (Å²) in [5, 5.41) is 18.4. The number of rotatable bonds is 18. The number of benzene rings is 1. The number of thiocarbonyl (C=S) groups is 1. The van der Waals surface area contributed by atoms with E-state index < -0.39 is 41.9 Å². The monoisotopic (exact) mass is 575 g/mol. The van der Waals surface area contributed by atoms with Crippen LogP contribution in [0.15, 0.2) is 30.3 Å². The number of ketones is 1. The molecule has 0 saturated heterocycles. The second-order valence-electron chi connectivity index (χ2n) is 9.68. The summed E-state index contributed by atoms with van der Waals surface area (Å²) < 4.78 is 5.27. The van der Waals surface area contributed by atoms with Gasteiger partial charge in [0.15, 0.2) is 5.78 Å². The summed E-state index contributed by atoms with van der Waals surface area (Å²) in [6, 6.07) is 6.88. The third kappa shape index (κ3) is 14.5. The fourth-order valence-electron chi connectivity index (χ4n) is 3.78. The van der Waals surface area contributed by atoms with Gasteiger partial charge < -0.3 is 31.4 Å². The van der Waals surface area contributed by atoms with E-state index in [-0.39, 0.29) is 29.6 Å². The smallest absolute Gasteiger partial charge is 0.328 e. The molecule has 0 fully saturated rings. The average Bonchev–Trinajstić information content (AvgIpc) is 2.88. The summed E-state index contributed by atoms with van der Waals surface area (Å²) in [5.74, 6) is -2.14. The van der Waals surface area contributed by atoms with Gasteiger partial charge in [-0.25, -0.2) is 4.79 Å². The third-order valence-electron chi connectivity index (χ3n) is 5.70. The minimum Gasteiger partial charge on any atom is -0.461 e. The largest absolute Gasteiger partial charge is 0.461 e. The van der Waals surface area contributed by atoms with Gasteiger partial charge in [0.1, 0.15) is 12.1 Å². The Bertz CT molecular complexity index is 1030. The van der Waals surface area contributed by atoms with Crippen molar-refractivity contribution in [2.45, 2.75) is 90.4 Å². The summed E-state index contributed by atoms with van der Waals surface area (Å²) in [4.78, 5) is 61.2. The lowest BCUT2D eigenvalue weighted by molar-refractivity contribution is -0.151. The lowest BCUT2D eigenvalue weighted by Crippen LogP contribution is -2.55. The van der Waals surface area contributed by atoms with Crippen LogP contribution in [-0.4, -0.2) is 71.5 Å². The minimum absolute atomic E-state index is 0.0340. The first-order valence-corrected chi connectivity index (χ1v) is 13.7. The molecule has 5 N–H and O–H groups in total. The van der Waals surface area contributed by atoms with Gasteiger partial charge in [-0.1, -0.05) is 42.5 Å². The zero-order chi connectivity index (χ0) is 30.1. The Labute approximate surface area is 241 Å². The van der Waals surface area contributed by atoms with Crippen molar-refractivity contribution >= 4 is 52.9 Å². The molecule has 0 bridgehead atoms. The second kappa shape index (κ2) is 18.6. The molecule has 1 aromatic carbocycles. The Kier molecular flexibility index (Phi) is 16.0. The Morgan fingerprint density at radius 2 is 1.57 bits per heavy atom. The van der Waals surface area contributed by atoms with Crippen molar-refractivity contribution in [1.82, 2.24) is 21.3 Å². The predicted octanol–water partition coefficient (Wildman–Crippen LogP) is 1.76. The molecule has 1 aromatic rings. The van der Waals surface area contributed by atoms with Crippen molar-refractivity contribution in [3.05, 3.63) is 35.9 Å². The molecule has 1 rings (SSSR count). The number of carbonyl (C=O) groups is 5. The molecule has 0 aliphatic rings. The van der Waals surface area contributed by atoms with E-state index in [1.165, 1.54) is 13.8 Å². The van der Waals surface area contributed by atoms with E-state index in [2.05, 4.69) is 21.3 Å². The number of hydrogen-bond acceptors (Lipinski definition) is 8. The SMILES string of the molecule is CC(=O)NCCCC[C@H](NC(=S)[C@H](Cc1ccccc1)NC(C)=O)C(=O)N[C@@H](CCC(=O)C=N)C(=O)OC(C)C. The maximum Gasteiger partial charge on any atom is 0.328 e. The fraction of sp³-hybridized carbons (Fsp3) is 0.536. The Hall–Kier alpha value is -3.67. The molecule has 0 heterocycles. The van der Waals surface area contributed by atoms with Gasteiger partial charge in [-0.15, -0.1) is 0 Å². The van der Waals surface area contributed by atoms with Crippen LogP contribution < -0.4 is 21.3 Å². The van der Waals surface area contributed by atoms with Crippen LogP contribution in [0.3, 0.4) is 0 Å².